The predicted molar refractivity (Wildman–Crippen MR) is 316 cm³/mol. The van der Waals surface area contributed by atoms with Gasteiger partial charge in [-0.05, 0) is 127 Å². The summed E-state index contributed by atoms with van der Waals surface area (Å²) < 4.78 is 0. The number of piperidine rings is 3. The summed E-state index contributed by atoms with van der Waals surface area (Å²) >= 11 is 12.8. The van der Waals surface area contributed by atoms with E-state index in [0.29, 0.717) is 29.7 Å². The van der Waals surface area contributed by atoms with Gasteiger partial charge < -0.3 is 31.9 Å². The first kappa shape index (κ1) is 55.0. The minimum Gasteiger partial charge on any atom is -0.355 e. The Balaban J connectivity index is 0.000000132. The van der Waals surface area contributed by atoms with Crippen LogP contribution >= 0.6 is 23.2 Å². The topological polar surface area (TPSA) is 215 Å². The summed E-state index contributed by atoms with van der Waals surface area (Å²) in [6.45, 7) is 25.2. The van der Waals surface area contributed by atoms with Crippen molar-refractivity contribution in [1.82, 2.24) is 34.9 Å². The average Bonchev–Trinajstić information content (AvgIpc) is 4.27. The van der Waals surface area contributed by atoms with Gasteiger partial charge in [0.15, 0.2) is 0 Å². The number of nitrogens with zero attached hydrogens (tertiary/aromatic N) is 13. The molecule has 0 saturated carbocycles. The molecule has 6 aliphatic rings. The third-order valence-electron chi connectivity index (χ3n) is 17.2. The van der Waals surface area contributed by atoms with Crippen molar-refractivity contribution in [3.8, 4) is 0 Å². The van der Waals surface area contributed by atoms with Crippen LogP contribution in [-0.2, 0) is 19.6 Å². The molecule has 78 heavy (non-hydrogen) atoms. The van der Waals surface area contributed by atoms with Crippen LogP contribution in [0.15, 0.2) is 82.2 Å². The first-order chi connectivity index (χ1) is 37.3. The fourth-order valence-corrected chi connectivity index (χ4v) is 11.4. The molecule has 3 fully saturated rings. The zero-order valence-electron chi connectivity index (χ0n) is 46.5. The molecule has 6 aromatic rings. The normalized spacial score (nSPS) is 19.0. The van der Waals surface area contributed by atoms with Gasteiger partial charge in [0, 0.05) is 73.7 Å². The maximum absolute atomic E-state index is 6.44. The standard InChI is InChI=1S/C21H27N5.C20H25ClN6.C19H22ClN5/c1-14-5-4-6-16(15(14)2)19-20-17(11-23-19)25-18(12-24-20)26-9-7-21(3,13-22)8-10-26;1-12-17(21)14(4-7-23-12)18-19-15(10-24-18)26-16(11-25-19)27-8-5-20(3,6-9-27)13(2)22;1-12-3-4-14(20)13(9-12)17-18-15(10-22-17)24-16(11-23-18)25-7-5-19(2,21)6-8-25/h4-6,12H,7-11,13,22H2,1-3H3;4,7,11,13H,5-6,8-10,22H2,1-3H3;3-4,9,11H,5-8,10,21H2,1-2H3. The van der Waals surface area contributed by atoms with Gasteiger partial charge in [-0.25, -0.2) is 29.9 Å². The predicted octanol–water partition coefficient (Wildman–Crippen LogP) is 9.25. The molecule has 12 rings (SSSR count). The van der Waals surface area contributed by atoms with E-state index < -0.39 is 0 Å². The van der Waals surface area contributed by atoms with Crippen LogP contribution in [-0.4, -0.2) is 109 Å². The Kier molecular flexibility index (Phi) is 15.8. The van der Waals surface area contributed by atoms with E-state index in [2.05, 4.69) is 100 Å². The number of aliphatic imine (C=N–C) groups is 3. The highest BCUT2D eigenvalue weighted by atomic mass is 35.5. The van der Waals surface area contributed by atoms with Crippen LogP contribution in [0.2, 0.25) is 10.0 Å². The van der Waals surface area contributed by atoms with Crippen LogP contribution in [0, 0.1) is 38.5 Å². The van der Waals surface area contributed by atoms with Crippen molar-refractivity contribution in [2.24, 2.45) is 43.0 Å². The Morgan fingerprint density at radius 2 is 1.06 bits per heavy atom. The number of anilines is 3. The summed E-state index contributed by atoms with van der Waals surface area (Å²) in [6.07, 6.45) is 13.6. The summed E-state index contributed by atoms with van der Waals surface area (Å²) in [5.41, 5.74) is 34.2. The van der Waals surface area contributed by atoms with Crippen LogP contribution < -0.4 is 31.9 Å². The number of nitrogens with two attached hydrogens (primary N) is 3. The largest absolute Gasteiger partial charge is 0.355 e. The Hall–Kier alpha value is -6.30. The lowest BCUT2D eigenvalue weighted by Gasteiger charge is -2.42. The van der Waals surface area contributed by atoms with E-state index in [0.717, 1.165) is 175 Å². The number of benzene rings is 2. The second-order valence-electron chi connectivity index (χ2n) is 23.1. The Morgan fingerprint density at radius 3 is 1.56 bits per heavy atom. The van der Waals surface area contributed by atoms with Crippen LogP contribution in [0.1, 0.15) is 139 Å². The molecule has 4 aromatic heterocycles. The second kappa shape index (κ2) is 22.4. The Bertz CT molecular complexity index is 3300. The molecule has 16 nitrogen and oxygen atoms in total. The first-order valence-electron chi connectivity index (χ1n) is 27.5. The smallest absolute Gasteiger partial charge is 0.147 e. The van der Waals surface area contributed by atoms with E-state index in [1.165, 1.54) is 16.7 Å². The summed E-state index contributed by atoms with van der Waals surface area (Å²) in [5.74, 6) is 2.82. The van der Waals surface area contributed by atoms with Crippen molar-refractivity contribution in [2.75, 3.05) is 60.5 Å². The van der Waals surface area contributed by atoms with Crippen molar-refractivity contribution >= 4 is 57.8 Å². The molecule has 1 atom stereocenters. The van der Waals surface area contributed by atoms with Gasteiger partial charge in [0.25, 0.3) is 0 Å². The highest BCUT2D eigenvalue weighted by Gasteiger charge is 2.35. The Morgan fingerprint density at radius 1 is 0.590 bits per heavy atom. The lowest BCUT2D eigenvalue weighted by Crippen LogP contribution is -2.48. The molecule has 3 saturated heterocycles. The molecule has 10 heterocycles. The summed E-state index contributed by atoms with van der Waals surface area (Å²) in [6, 6.07) is 14.4. The zero-order chi connectivity index (χ0) is 55.1. The molecule has 0 amide bonds. The van der Waals surface area contributed by atoms with Gasteiger partial charge in [0.1, 0.15) is 34.5 Å². The fourth-order valence-electron chi connectivity index (χ4n) is 10.9. The third-order valence-corrected chi connectivity index (χ3v) is 18.0. The maximum Gasteiger partial charge on any atom is 0.147 e. The lowest BCUT2D eigenvalue weighted by molar-refractivity contribution is 0.205. The van der Waals surface area contributed by atoms with Gasteiger partial charge in [-0.1, -0.05) is 66.9 Å². The van der Waals surface area contributed by atoms with Crippen molar-refractivity contribution in [3.05, 3.63) is 151 Å². The number of hydrogen-bond donors (Lipinski definition) is 3. The van der Waals surface area contributed by atoms with Crippen molar-refractivity contribution < 1.29 is 0 Å². The number of fused-ring (bicyclic) bond motifs is 3. The molecule has 2 aromatic carbocycles. The minimum atomic E-state index is -0.0706. The second-order valence-corrected chi connectivity index (χ2v) is 23.9. The summed E-state index contributed by atoms with van der Waals surface area (Å²) in [7, 11) is 0. The SMILES string of the molecule is Cc1ccc(Cl)c(C2=NCc3nc(N4CCC(C)(N)CC4)cnc32)c1.Cc1cccc(C2=NCc3nc(N4CCC(C)(CN)CC4)cnc32)c1C.Cc1nccc(C2=NCc3nc(N4CCC(C)(C(C)N)CC4)cnc32)c1Cl. The van der Waals surface area contributed by atoms with E-state index in [-0.39, 0.29) is 22.4 Å². The average molecular weight is 1090 g/mol. The van der Waals surface area contributed by atoms with Crippen LogP contribution in [0.4, 0.5) is 17.5 Å². The van der Waals surface area contributed by atoms with Gasteiger partial charge in [0.05, 0.1) is 88.2 Å². The van der Waals surface area contributed by atoms with E-state index in [9.17, 15) is 0 Å². The number of rotatable bonds is 8. The third kappa shape index (κ3) is 11.4. The first-order valence-corrected chi connectivity index (χ1v) is 28.2. The molecule has 6 aliphatic heterocycles. The van der Waals surface area contributed by atoms with Crippen LogP contribution in [0.5, 0.6) is 0 Å². The highest BCUT2D eigenvalue weighted by Crippen LogP contribution is 2.37. The van der Waals surface area contributed by atoms with Gasteiger partial charge >= 0.3 is 0 Å². The molecule has 0 radical (unpaired) electrons. The molecular formula is C60H74Cl2N16. The molecule has 408 valence electrons. The molecule has 0 bridgehead atoms. The highest BCUT2D eigenvalue weighted by molar-refractivity contribution is 6.36. The number of aryl methyl sites for hydroxylation is 3. The number of halogens is 2. The quantitative estimate of drug-likeness (QED) is 0.130. The molecule has 0 spiro atoms. The van der Waals surface area contributed by atoms with Gasteiger partial charge in [-0.3, -0.25) is 20.0 Å². The van der Waals surface area contributed by atoms with E-state index in [1.54, 1.807) is 6.20 Å². The molecule has 6 N–H and O–H groups in total. The fraction of sp³-hybridized carbons (Fsp3) is 0.467. The van der Waals surface area contributed by atoms with E-state index in [4.69, 9.17) is 70.3 Å². The van der Waals surface area contributed by atoms with E-state index >= 15 is 0 Å². The summed E-state index contributed by atoms with van der Waals surface area (Å²) in [5, 5.41) is 1.32. The molecule has 0 aliphatic carbocycles. The number of aromatic nitrogens is 7. The van der Waals surface area contributed by atoms with Gasteiger partial charge in [0.2, 0.25) is 0 Å². The minimum absolute atomic E-state index is 0.0706. The maximum atomic E-state index is 6.44. The van der Waals surface area contributed by atoms with Crippen molar-refractivity contribution in [2.45, 2.75) is 125 Å². The van der Waals surface area contributed by atoms with E-state index in [1.807, 2.05) is 50.6 Å². The van der Waals surface area contributed by atoms with Gasteiger partial charge in [-0.2, -0.15) is 0 Å². The molecular weight excluding hydrogens is 1020 g/mol. The monoisotopic (exact) mass is 1090 g/mol. The Labute approximate surface area is 469 Å². The van der Waals surface area contributed by atoms with Crippen molar-refractivity contribution in [1.29, 1.82) is 0 Å². The number of pyridine rings is 1. The summed E-state index contributed by atoms with van der Waals surface area (Å²) in [4.78, 5) is 53.9. The van der Waals surface area contributed by atoms with Crippen LogP contribution in [0.3, 0.4) is 0 Å². The zero-order valence-corrected chi connectivity index (χ0v) is 48.1. The van der Waals surface area contributed by atoms with Gasteiger partial charge in [-0.15, -0.1) is 0 Å². The lowest BCUT2D eigenvalue weighted by atomic mass is 9.75. The van der Waals surface area contributed by atoms with Crippen molar-refractivity contribution in [3.63, 3.8) is 0 Å². The number of hydrogen-bond acceptors (Lipinski definition) is 16. The molecule has 18 heteroatoms. The molecule has 1 unspecified atom stereocenters. The van der Waals surface area contributed by atoms with Crippen LogP contribution in [0.25, 0.3) is 0 Å².